The minimum atomic E-state index is -0.707. The largest absolute Gasteiger partial charge is 0.497 e. The van der Waals surface area contributed by atoms with Crippen molar-refractivity contribution in [2.24, 2.45) is 10.9 Å². The van der Waals surface area contributed by atoms with Crippen molar-refractivity contribution >= 4 is 23.1 Å². The van der Waals surface area contributed by atoms with Crippen molar-refractivity contribution in [1.82, 2.24) is 19.2 Å². The highest BCUT2D eigenvalue weighted by Gasteiger charge is 2.42. The van der Waals surface area contributed by atoms with Gasteiger partial charge in [-0.1, -0.05) is 48.5 Å². The average Bonchev–Trinajstić information content (AvgIpc) is 3.43. The lowest BCUT2D eigenvalue weighted by Gasteiger charge is -2.32. The van der Waals surface area contributed by atoms with Crippen molar-refractivity contribution in [3.8, 4) is 22.8 Å². The smallest absolute Gasteiger partial charge is 0.341 e. The van der Waals surface area contributed by atoms with Gasteiger partial charge >= 0.3 is 11.7 Å². The van der Waals surface area contributed by atoms with Crippen LogP contribution >= 0.6 is 0 Å². The van der Waals surface area contributed by atoms with Crippen molar-refractivity contribution in [3.05, 3.63) is 107 Å². The van der Waals surface area contributed by atoms with E-state index in [4.69, 9.17) is 14.5 Å². The highest BCUT2D eigenvalue weighted by Crippen LogP contribution is 2.45. The molecule has 2 aromatic heterocycles. The zero-order chi connectivity index (χ0) is 27.8. The molecule has 2 unspecified atom stereocenters. The van der Waals surface area contributed by atoms with Gasteiger partial charge < -0.3 is 9.47 Å². The standard InChI is InChI=1S/C31H27N5O4/c1-4-40-30(37)24-19(2)32-28-26(25(24)20-11-7-5-8-12-20)29-34-33-27(21-15-17-23(39-3)18-16-21)36(29)31(38)35(28)22-13-9-6-10-14-22/h5-18,24-25H,4H2,1-3H3. The van der Waals surface area contributed by atoms with Crippen LogP contribution in [0.5, 0.6) is 5.75 Å². The average molecular weight is 534 g/mol. The molecule has 2 atom stereocenters. The van der Waals surface area contributed by atoms with E-state index in [0.29, 0.717) is 45.6 Å². The van der Waals surface area contributed by atoms with Gasteiger partial charge in [0.05, 0.1) is 19.4 Å². The van der Waals surface area contributed by atoms with Crippen LogP contribution in [0.2, 0.25) is 0 Å². The van der Waals surface area contributed by atoms with Gasteiger partial charge in [0.25, 0.3) is 0 Å². The first-order valence-electron chi connectivity index (χ1n) is 13.0. The predicted molar refractivity (Wildman–Crippen MR) is 152 cm³/mol. The Hall–Kier alpha value is -5.05. The third-order valence-electron chi connectivity index (χ3n) is 7.18. The fourth-order valence-corrected chi connectivity index (χ4v) is 5.38. The summed E-state index contributed by atoms with van der Waals surface area (Å²) in [5.74, 6) is -0.123. The van der Waals surface area contributed by atoms with Gasteiger partial charge in [0.15, 0.2) is 11.5 Å². The van der Waals surface area contributed by atoms with Gasteiger partial charge in [0.1, 0.15) is 17.5 Å². The molecule has 1 aliphatic heterocycles. The molecule has 0 fully saturated rings. The van der Waals surface area contributed by atoms with Crippen LogP contribution in [0.15, 0.2) is 94.7 Å². The number of fused-ring (bicyclic) bond motifs is 3. The third-order valence-corrected chi connectivity index (χ3v) is 7.18. The number of benzene rings is 3. The molecular weight excluding hydrogens is 506 g/mol. The van der Waals surface area contributed by atoms with Gasteiger partial charge in [0.2, 0.25) is 0 Å². The van der Waals surface area contributed by atoms with Gasteiger partial charge in [-0.3, -0.25) is 4.79 Å². The zero-order valence-corrected chi connectivity index (χ0v) is 22.3. The molecule has 3 heterocycles. The third kappa shape index (κ3) is 4.07. The minimum absolute atomic E-state index is 0.239. The first kappa shape index (κ1) is 25.2. The Labute approximate surface area is 230 Å². The maximum absolute atomic E-state index is 14.3. The molecule has 0 aliphatic carbocycles. The number of hydrogen-bond donors (Lipinski definition) is 0. The molecule has 9 nitrogen and oxygen atoms in total. The monoisotopic (exact) mass is 533 g/mol. The van der Waals surface area contributed by atoms with Crippen LogP contribution in [0.25, 0.3) is 22.7 Å². The van der Waals surface area contributed by atoms with E-state index in [-0.39, 0.29) is 18.3 Å². The second-order valence-electron chi connectivity index (χ2n) is 9.47. The number of aromatic nitrogens is 4. The van der Waals surface area contributed by atoms with Gasteiger partial charge in [-0.25, -0.2) is 18.8 Å². The zero-order valence-electron chi connectivity index (χ0n) is 22.3. The van der Waals surface area contributed by atoms with Crippen LogP contribution in [0.4, 0.5) is 5.82 Å². The summed E-state index contributed by atoms with van der Waals surface area (Å²) >= 11 is 0. The number of methoxy groups -OCH3 is 1. The molecule has 5 aromatic rings. The molecule has 0 amide bonds. The molecule has 1 aliphatic rings. The van der Waals surface area contributed by atoms with Crippen LogP contribution in [0, 0.1) is 5.92 Å². The van der Waals surface area contributed by atoms with Gasteiger partial charge in [0, 0.05) is 22.8 Å². The van der Waals surface area contributed by atoms with Gasteiger partial charge in [-0.2, -0.15) is 0 Å². The summed E-state index contributed by atoms with van der Waals surface area (Å²) in [6.45, 7) is 3.82. The first-order valence-corrected chi connectivity index (χ1v) is 13.0. The number of rotatable bonds is 6. The summed E-state index contributed by atoms with van der Waals surface area (Å²) in [5, 5.41) is 9.01. The summed E-state index contributed by atoms with van der Waals surface area (Å²) < 4.78 is 13.9. The Bertz CT molecular complexity index is 1790. The number of carbonyl (C=O) groups excluding carboxylic acids is 1. The molecule has 0 radical (unpaired) electrons. The number of ether oxygens (including phenoxy) is 2. The number of nitrogens with zero attached hydrogens (tertiary/aromatic N) is 5. The van der Waals surface area contributed by atoms with E-state index in [1.807, 2.05) is 84.9 Å². The Morgan fingerprint density at radius 2 is 1.60 bits per heavy atom. The highest BCUT2D eigenvalue weighted by atomic mass is 16.5. The molecule has 0 saturated carbocycles. The Morgan fingerprint density at radius 1 is 0.925 bits per heavy atom. The second kappa shape index (κ2) is 10.3. The number of para-hydroxylation sites is 1. The first-order chi connectivity index (χ1) is 19.5. The van der Waals surface area contributed by atoms with Crippen LogP contribution in [0.3, 0.4) is 0 Å². The minimum Gasteiger partial charge on any atom is -0.497 e. The molecule has 0 saturated heterocycles. The SMILES string of the molecule is CCOC(=O)C1C(C)=Nc2c(c3nnc(-c4ccc(OC)cc4)n3c(=O)n2-c2ccccc2)C1c1ccccc1. The molecule has 0 spiro atoms. The maximum Gasteiger partial charge on any atom is 0.341 e. The molecule has 0 bridgehead atoms. The second-order valence-corrected chi connectivity index (χ2v) is 9.47. The van der Waals surface area contributed by atoms with E-state index >= 15 is 0 Å². The highest BCUT2D eigenvalue weighted by molar-refractivity contribution is 6.05. The van der Waals surface area contributed by atoms with Crippen molar-refractivity contribution in [1.29, 1.82) is 0 Å². The van der Waals surface area contributed by atoms with Crippen LogP contribution in [-0.2, 0) is 9.53 Å². The maximum atomic E-state index is 14.3. The van der Waals surface area contributed by atoms with Crippen LogP contribution in [0.1, 0.15) is 30.9 Å². The molecular formula is C31H27N5O4. The molecule has 9 heteroatoms. The van der Waals surface area contributed by atoms with Crippen molar-refractivity contribution < 1.29 is 14.3 Å². The lowest BCUT2D eigenvalue weighted by molar-refractivity contribution is -0.146. The van der Waals surface area contributed by atoms with Gasteiger partial charge in [-0.15, -0.1) is 10.2 Å². The van der Waals surface area contributed by atoms with Crippen molar-refractivity contribution in [2.75, 3.05) is 13.7 Å². The topological polar surface area (TPSA) is 100 Å². The number of carbonyl (C=O) groups is 1. The molecule has 0 N–H and O–H groups in total. The molecule has 3 aromatic carbocycles. The fourth-order valence-electron chi connectivity index (χ4n) is 5.38. The summed E-state index contributed by atoms with van der Waals surface area (Å²) in [6, 6.07) is 26.3. The molecule has 40 heavy (non-hydrogen) atoms. The fraction of sp³-hybridized carbons (Fsp3) is 0.194. The quantitative estimate of drug-likeness (QED) is 0.286. The normalized spacial score (nSPS) is 16.3. The summed E-state index contributed by atoms with van der Waals surface area (Å²) in [4.78, 5) is 32.6. The van der Waals surface area contributed by atoms with Crippen molar-refractivity contribution in [2.45, 2.75) is 19.8 Å². The van der Waals surface area contributed by atoms with E-state index in [1.54, 1.807) is 25.5 Å². The lowest BCUT2D eigenvalue weighted by Crippen LogP contribution is -2.37. The van der Waals surface area contributed by atoms with E-state index in [0.717, 1.165) is 5.56 Å². The lowest BCUT2D eigenvalue weighted by atomic mass is 9.77. The number of esters is 1. The van der Waals surface area contributed by atoms with E-state index in [2.05, 4.69) is 10.2 Å². The van der Waals surface area contributed by atoms with Crippen LogP contribution < -0.4 is 10.4 Å². The predicted octanol–water partition coefficient (Wildman–Crippen LogP) is 4.97. The van der Waals surface area contributed by atoms with Gasteiger partial charge in [-0.05, 0) is 55.8 Å². The number of hydrogen-bond acceptors (Lipinski definition) is 7. The number of aliphatic imine (C=N–C) groups is 1. The summed E-state index contributed by atoms with van der Waals surface area (Å²) in [5.41, 5.74) is 3.38. The van der Waals surface area contributed by atoms with E-state index < -0.39 is 11.8 Å². The van der Waals surface area contributed by atoms with Crippen LogP contribution in [-0.4, -0.2) is 44.6 Å². The Kier molecular flexibility index (Phi) is 6.47. The molecule has 6 rings (SSSR count). The summed E-state index contributed by atoms with van der Waals surface area (Å²) in [7, 11) is 1.60. The van der Waals surface area contributed by atoms with Crippen molar-refractivity contribution in [3.63, 3.8) is 0 Å². The summed E-state index contributed by atoms with van der Waals surface area (Å²) in [6.07, 6.45) is 0. The van der Waals surface area contributed by atoms with E-state index in [1.165, 1.54) is 4.40 Å². The Morgan fingerprint density at radius 3 is 2.25 bits per heavy atom. The molecule has 200 valence electrons. The van der Waals surface area contributed by atoms with E-state index in [9.17, 15) is 9.59 Å². The Balaban J connectivity index is 1.74.